The maximum absolute atomic E-state index is 12.6. The van der Waals surface area contributed by atoms with Crippen molar-refractivity contribution in [3.05, 3.63) is 102 Å². The third-order valence-corrected chi connectivity index (χ3v) is 4.71. The highest BCUT2D eigenvalue weighted by Crippen LogP contribution is 2.26. The summed E-state index contributed by atoms with van der Waals surface area (Å²) < 4.78 is 5.38. The van der Waals surface area contributed by atoms with Crippen LogP contribution in [0.4, 0.5) is 0 Å². The fourth-order valence-electron chi connectivity index (χ4n) is 3.18. The zero-order valence-electron chi connectivity index (χ0n) is 16.0. The van der Waals surface area contributed by atoms with Gasteiger partial charge in [-0.3, -0.25) is 4.79 Å². The van der Waals surface area contributed by atoms with Crippen molar-refractivity contribution in [1.29, 1.82) is 0 Å². The predicted octanol–water partition coefficient (Wildman–Crippen LogP) is 5.28. The first-order chi connectivity index (χ1) is 14.2. The van der Waals surface area contributed by atoms with Crippen LogP contribution in [0.3, 0.4) is 0 Å². The predicted molar refractivity (Wildman–Crippen MR) is 117 cm³/mol. The van der Waals surface area contributed by atoms with Crippen LogP contribution in [0.15, 0.2) is 96.1 Å². The molecule has 4 nitrogen and oxygen atoms in total. The molecule has 0 bridgehead atoms. The van der Waals surface area contributed by atoms with Gasteiger partial charge in [-0.2, -0.15) is 5.10 Å². The van der Waals surface area contributed by atoms with Crippen molar-refractivity contribution in [2.24, 2.45) is 5.10 Å². The number of ether oxygens (including phenoxy) is 1. The van der Waals surface area contributed by atoms with Gasteiger partial charge in [0.2, 0.25) is 0 Å². The molecule has 29 heavy (non-hydrogen) atoms. The van der Waals surface area contributed by atoms with E-state index in [1.54, 1.807) is 13.3 Å². The Labute approximate surface area is 169 Å². The molecule has 4 aromatic rings. The van der Waals surface area contributed by atoms with Gasteiger partial charge in [-0.15, -0.1) is 0 Å². The number of carbonyl (C=O) groups excluding carboxylic acids is 1. The molecule has 0 aliphatic heterocycles. The van der Waals surface area contributed by atoms with E-state index in [0.29, 0.717) is 11.3 Å². The van der Waals surface area contributed by atoms with E-state index in [2.05, 4.69) is 22.7 Å². The topological polar surface area (TPSA) is 50.7 Å². The largest absolute Gasteiger partial charge is 0.496 e. The highest BCUT2D eigenvalue weighted by Gasteiger charge is 2.13. The summed E-state index contributed by atoms with van der Waals surface area (Å²) in [6.07, 6.45) is 1.63. The molecule has 4 aromatic carbocycles. The van der Waals surface area contributed by atoms with E-state index in [-0.39, 0.29) is 5.91 Å². The number of benzene rings is 4. The van der Waals surface area contributed by atoms with E-state index in [4.69, 9.17) is 4.74 Å². The zero-order chi connectivity index (χ0) is 20.1. The summed E-state index contributed by atoms with van der Waals surface area (Å²) in [5.74, 6) is 0.202. The van der Waals surface area contributed by atoms with E-state index in [9.17, 15) is 4.79 Å². The Morgan fingerprint density at radius 1 is 0.828 bits per heavy atom. The normalized spacial score (nSPS) is 10.9. The van der Waals surface area contributed by atoms with Crippen LogP contribution in [0.1, 0.15) is 15.9 Å². The van der Waals surface area contributed by atoms with Crippen molar-refractivity contribution in [3.63, 3.8) is 0 Å². The standard InChI is InChI=1S/C25H20N2O2/c1-29-24-16-22-10-6-5-9-21(22)15-23(24)25(28)27-26-17-18-11-13-20(14-12-18)19-7-3-2-4-8-19/h2-17H,1H3,(H,27,28)/b26-17-. The molecule has 0 atom stereocenters. The van der Waals surface area contributed by atoms with Crippen molar-refractivity contribution in [3.8, 4) is 16.9 Å². The molecule has 0 aliphatic rings. The molecule has 0 spiro atoms. The first-order valence-electron chi connectivity index (χ1n) is 9.30. The molecule has 0 fully saturated rings. The van der Waals surface area contributed by atoms with Gasteiger partial charge in [-0.25, -0.2) is 5.43 Å². The van der Waals surface area contributed by atoms with Gasteiger partial charge < -0.3 is 4.74 Å². The smallest absolute Gasteiger partial charge is 0.275 e. The second kappa shape index (κ2) is 8.40. The molecule has 0 aliphatic carbocycles. The van der Waals surface area contributed by atoms with E-state index >= 15 is 0 Å². The Kier molecular flexibility index (Phi) is 5.34. The average molecular weight is 380 g/mol. The Bertz CT molecular complexity index is 1170. The summed E-state index contributed by atoms with van der Waals surface area (Å²) in [7, 11) is 1.55. The Hall–Kier alpha value is -3.92. The van der Waals surface area contributed by atoms with E-state index in [1.807, 2.05) is 78.9 Å². The fraction of sp³-hybridized carbons (Fsp3) is 0.0400. The quantitative estimate of drug-likeness (QED) is 0.378. The molecular weight excluding hydrogens is 360 g/mol. The van der Waals surface area contributed by atoms with Gasteiger partial charge in [0, 0.05) is 0 Å². The van der Waals surface area contributed by atoms with Gasteiger partial charge in [-0.1, -0.05) is 78.9 Å². The Morgan fingerprint density at radius 3 is 2.14 bits per heavy atom. The van der Waals surface area contributed by atoms with Gasteiger partial charge in [0.1, 0.15) is 5.75 Å². The van der Waals surface area contributed by atoms with Crippen molar-refractivity contribution in [2.45, 2.75) is 0 Å². The summed E-state index contributed by atoms with van der Waals surface area (Å²) in [6.45, 7) is 0. The van der Waals surface area contributed by atoms with Crippen LogP contribution in [0.2, 0.25) is 0 Å². The minimum absolute atomic E-state index is 0.315. The molecule has 142 valence electrons. The van der Waals surface area contributed by atoms with Gasteiger partial charge in [0.15, 0.2) is 0 Å². The molecule has 0 aromatic heterocycles. The van der Waals surface area contributed by atoms with Gasteiger partial charge >= 0.3 is 0 Å². The van der Waals surface area contributed by atoms with Crippen molar-refractivity contribution >= 4 is 22.9 Å². The van der Waals surface area contributed by atoms with Crippen LogP contribution in [-0.4, -0.2) is 19.2 Å². The van der Waals surface area contributed by atoms with Gasteiger partial charge in [-0.05, 0) is 39.6 Å². The lowest BCUT2D eigenvalue weighted by atomic mass is 10.0. The summed E-state index contributed by atoms with van der Waals surface area (Å²) in [4.78, 5) is 12.6. The number of nitrogens with zero attached hydrogens (tertiary/aromatic N) is 1. The van der Waals surface area contributed by atoms with Crippen LogP contribution in [0.25, 0.3) is 21.9 Å². The van der Waals surface area contributed by atoms with Gasteiger partial charge in [0.05, 0.1) is 18.9 Å². The highest BCUT2D eigenvalue weighted by atomic mass is 16.5. The zero-order valence-corrected chi connectivity index (χ0v) is 16.0. The molecule has 0 saturated carbocycles. The van der Waals surface area contributed by atoms with E-state index in [1.165, 1.54) is 0 Å². The number of fused-ring (bicyclic) bond motifs is 1. The van der Waals surface area contributed by atoms with Crippen molar-refractivity contribution < 1.29 is 9.53 Å². The molecule has 4 rings (SSSR count). The maximum atomic E-state index is 12.6. The first kappa shape index (κ1) is 18.4. The molecule has 0 unspecified atom stereocenters. The number of carbonyl (C=O) groups is 1. The number of rotatable bonds is 5. The number of hydrogen-bond acceptors (Lipinski definition) is 3. The second-order valence-corrected chi connectivity index (χ2v) is 6.59. The number of hydrogen-bond donors (Lipinski definition) is 1. The van der Waals surface area contributed by atoms with Crippen LogP contribution in [0.5, 0.6) is 5.75 Å². The maximum Gasteiger partial charge on any atom is 0.275 e. The third kappa shape index (κ3) is 4.17. The lowest BCUT2D eigenvalue weighted by molar-refractivity contribution is 0.0952. The fourth-order valence-corrected chi connectivity index (χ4v) is 3.18. The minimum atomic E-state index is -0.315. The Balaban J connectivity index is 1.48. The second-order valence-electron chi connectivity index (χ2n) is 6.59. The summed E-state index contributed by atoms with van der Waals surface area (Å²) in [5.41, 5.74) is 6.22. The van der Waals surface area contributed by atoms with Crippen molar-refractivity contribution in [1.82, 2.24) is 5.43 Å². The monoisotopic (exact) mass is 380 g/mol. The first-order valence-corrected chi connectivity index (χ1v) is 9.30. The summed E-state index contributed by atoms with van der Waals surface area (Å²) in [6, 6.07) is 29.7. The molecule has 0 saturated heterocycles. The SMILES string of the molecule is COc1cc2ccccc2cc1C(=O)N/N=C\c1ccc(-c2ccccc2)cc1. The Morgan fingerprint density at radius 2 is 1.45 bits per heavy atom. The minimum Gasteiger partial charge on any atom is -0.496 e. The van der Waals surface area contributed by atoms with E-state index in [0.717, 1.165) is 27.5 Å². The number of nitrogens with one attached hydrogen (secondary N) is 1. The molecule has 1 N–H and O–H groups in total. The lowest BCUT2D eigenvalue weighted by Gasteiger charge is -2.09. The van der Waals surface area contributed by atoms with Crippen LogP contribution in [-0.2, 0) is 0 Å². The lowest BCUT2D eigenvalue weighted by Crippen LogP contribution is -2.18. The number of methoxy groups -OCH3 is 1. The highest BCUT2D eigenvalue weighted by molar-refractivity contribution is 6.02. The number of amides is 1. The molecule has 0 radical (unpaired) electrons. The summed E-state index contributed by atoms with van der Waals surface area (Å²) >= 11 is 0. The molecule has 1 amide bonds. The van der Waals surface area contributed by atoms with Crippen molar-refractivity contribution in [2.75, 3.05) is 7.11 Å². The van der Waals surface area contributed by atoms with Crippen LogP contribution >= 0.6 is 0 Å². The average Bonchev–Trinajstić information content (AvgIpc) is 2.79. The van der Waals surface area contributed by atoms with Gasteiger partial charge in [0.25, 0.3) is 5.91 Å². The van der Waals surface area contributed by atoms with E-state index < -0.39 is 0 Å². The number of hydrazone groups is 1. The van der Waals surface area contributed by atoms with Crippen LogP contribution < -0.4 is 10.2 Å². The molecule has 4 heteroatoms. The molecular formula is C25H20N2O2. The molecule has 0 heterocycles. The van der Waals surface area contributed by atoms with Crippen LogP contribution in [0, 0.1) is 0 Å². The third-order valence-electron chi connectivity index (χ3n) is 4.71. The summed E-state index contributed by atoms with van der Waals surface area (Å²) in [5, 5.41) is 6.08.